The highest BCUT2D eigenvalue weighted by molar-refractivity contribution is 7.09. The van der Waals surface area contributed by atoms with Crippen LogP contribution in [0.5, 0.6) is 0 Å². The van der Waals surface area contributed by atoms with E-state index in [0.29, 0.717) is 12.5 Å². The van der Waals surface area contributed by atoms with Gasteiger partial charge in [-0.25, -0.2) is 4.98 Å². The third kappa shape index (κ3) is 1.87. The van der Waals surface area contributed by atoms with Crippen LogP contribution in [-0.2, 0) is 6.42 Å². The van der Waals surface area contributed by atoms with Gasteiger partial charge in [-0.05, 0) is 19.4 Å². The number of nitrogens with zero attached hydrogens (tertiary/aromatic N) is 2. The van der Waals surface area contributed by atoms with Crippen molar-refractivity contribution >= 4 is 11.3 Å². The summed E-state index contributed by atoms with van der Waals surface area (Å²) in [6.07, 6.45) is 2.85. The number of nitriles is 1. The van der Waals surface area contributed by atoms with E-state index in [1.807, 2.05) is 0 Å². The van der Waals surface area contributed by atoms with Gasteiger partial charge in [0.05, 0.1) is 24.2 Å². The van der Waals surface area contributed by atoms with Gasteiger partial charge in [-0.2, -0.15) is 5.26 Å². The molecule has 1 aliphatic heterocycles. The van der Waals surface area contributed by atoms with Gasteiger partial charge >= 0.3 is 0 Å². The number of thiazole rings is 1. The lowest BCUT2D eigenvalue weighted by molar-refractivity contribution is 0.630. The van der Waals surface area contributed by atoms with Crippen molar-refractivity contribution in [2.75, 3.05) is 6.54 Å². The molecule has 1 aromatic rings. The maximum absolute atomic E-state index is 8.50. The lowest BCUT2D eigenvalue weighted by atomic mass is 10.2. The minimum absolute atomic E-state index is 0.434. The first-order chi connectivity index (χ1) is 6.40. The molecule has 1 N–H and O–H groups in total. The zero-order valence-electron chi connectivity index (χ0n) is 7.29. The van der Waals surface area contributed by atoms with Crippen molar-refractivity contribution in [2.45, 2.75) is 25.3 Å². The summed E-state index contributed by atoms with van der Waals surface area (Å²) < 4.78 is 0. The summed E-state index contributed by atoms with van der Waals surface area (Å²) in [5.74, 6) is 0. The SMILES string of the molecule is N#CCc1nc([C@@H]2CCCN2)cs1. The first-order valence-corrected chi connectivity index (χ1v) is 5.33. The molecule has 4 heteroatoms. The lowest BCUT2D eigenvalue weighted by Gasteiger charge is -2.04. The fourth-order valence-electron chi connectivity index (χ4n) is 1.57. The second kappa shape index (κ2) is 3.86. The average molecular weight is 193 g/mol. The van der Waals surface area contributed by atoms with E-state index >= 15 is 0 Å². The molecule has 1 saturated heterocycles. The van der Waals surface area contributed by atoms with E-state index in [0.717, 1.165) is 17.2 Å². The third-order valence-electron chi connectivity index (χ3n) is 2.22. The Morgan fingerprint density at radius 2 is 2.69 bits per heavy atom. The van der Waals surface area contributed by atoms with E-state index in [4.69, 9.17) is 5.26 Å². The first kappa shape index (κ1) is 8.67. The lowest BCUT2D eigenvalue weighted by Crippen LogP contribution is -2.13. The molecule has 13 heavy (non-hydrogen) atoms. The molecule has 2 heterocycles. The van der Waals surface area contributed by atoms with Crippen LogP contribution in [0.1, 0.15) is 29.6 Å². The van der Waals surface area contributed by atoms with Crippen LogP contribution in [0.2, 0.25) is 0 Å². The van der Waals surface area contributed by atoms with Crippen molar-refractivity contribution in [1.82, 2.24) is 10.3 Å². The topological polar surface area (TPSA) is 48.7 Å². The van der Waals surface area contributed by atoms with Crippen molar-refractivity contribution in [2.24, 2.45) is 0 Å². The highest BCUT2D eigenvalue weighted by Gasteiger charge is 2.18. The molecule has 0 aromatic carbocycles. The number of hydrogen-bond acceptors (Lipinski definition) is 4. The molecule has 68 valence electrons. The van der Waals surface area contributed by atoms with Crippen molar-refractivity contribution in [3.63, 3.8) is 0 Å². The minimum atomic E-state index is 0.434. The molecule has 0 aliphatic carbocycles. The summed E-state index contributed by atoms with van der Waals surface area (Å²) in [7, 11) is 0. The fraction of sp³-hybridized carbons (Fsp3) is 0.556. The molecule has 0 spiro atoms. The molecule has 1 aromatic heterocycles. The Morgan fingerprint density at radius 3 is 3.38 bits per heavy atom. The van der Waals surface area contributed by atoms with Gasteiger partial charge in [-0.3, -0.25) is 0 Å². The van der Waals surface area contributed by atoms with Crippen LogP contribution in [0, 0.1) is 11.3 Å². The average Bonchev–Trinajstić information content (AvgIpc) is 2.70. The monoisotopic (exact) mass is 193 g/mol. The zero-order chi connectivity index (χ0) is 9.10. The molecule has 2 rings (SSSR count). The van der Waals surface area contributed by atoms with Crippen molar-refractivity contribution < 1.29 is 0 Å². The van der Waals surface area contributed by atoms with Gasteiger partial charge in [-0.1, -0.05) is 0 Å². The van der Waals surface area contributed by atoms with Crippen molar-refractivity contribution in [1.29, 1.82) is 5.26 Å². The van der Waals surface area contributed by atoms with Crippen molar-refractivity contribution in [3.8, 4) is 6.07 Å². The minimum Gasteiger partial charge on any atom is -0.309 e. The molecular weight excluding hydrogens is 182 g/mol. The Morgan fingerprint density at radius 1 is 1.77 bits per heavy atom. The van der Waals surface area contributed by atoms with Crippen LogP contribution < -0.4 is 5.32 Å². The summed E-state index contributed by atoms with van der Waals surface area (Å²) in [5.41, 5.74) is 1.12. The summed E-state index contributed by atoms with van der Waals surface area (Å²) in [5, 5.41) is 14.9. The van der Waals surface area contributed by atoms with E-state index in [9.17, 15) is 0 Å². The number of aromatic nitrogens is 1. The van der Waals surface area contributed by atoms with E-state index in [2.05, 4.69) is 21.8 Å². The van der Waals surface area contributed by atoms with E-state index in [1.54, 1.807) is 11.3 Å². The van der Waals surface area contributed by atoms with Crippen LogP contribution >= 0.6 is 11.3 Å². The second-order valence-corrected chi connectivity index (χ2v) is 4.09. The smallest absolute Gasteiger partial charge is 0.107 e. The molecular formula is C9H11N3S. The van der Waals surface area contributed by atoms with Gasteiger partial charge in [0.15, 0.2) is 0 Å². The van der Waals surface area contributed by atoms with Gasteiger partial charge in [0, 0.05) is 5.38 Å². The molecule has 0 bridgehead atoms. The van der Waals surface area contributed by atoms with Crippen LogP contribution in [0.4, 0.5) is 0 Å². The fourth-order valence-corrected chi connectivity index (χ4v) is 2.35. The quantitative estimate of drug-likeness (QED) is 0.776. The predicted molar refractivity (Wildman–Crippen MR) is 51.4 cm³/mol. The summed E-state index contributed by atoms with van der Waals surface area (Å²) in [4.78, 5) is 4.42. The molecule has 1 aliphatic rings. The van der Waals surface area contributed by atoms with Gasteiger partial charge in [0.2, 0.25) is 0 Å². The van der Waals surface area contributed by atoms with Gasteiger partial charge < -0.3 is 5.32 Å². The molecule has 0 saturated carbocycles. The maximum atomic E-state index is 8.50. The Labute approximate surface area is 81.4 Å². The third-order valence-corrected chi connectivity index (χ3v) is 3.08. The second-order valence-electron chi connectivity index (χ2n) is 3.15. The molecule has 0 amide bonds. The molecule has 0 unspecified atom stereocenters. The van der Waals surface area contributed by atoms with Crippen LogP contribution in [0.25, 0.3) is 0 Å². The molecule has 1 atom stereocenters. The zero-order valence-corrected chi connectivity index (χ0v) is 8.10. The van der Waals surface area contributed by atoms with Crippen LogP contribution in [0.3, 0.4) is 0 Å². The summed E-state index contributed by atoms with van der Waals surface area (Å²) in [6, 6.07) is 2.55. The van der Waals surface area contributed by atoms with E-state index in [-0.39, 0.29) is 0 Å². The predicted octanol–water partition coefficient (Wildman–Crippen LogP) is 1.63. The summed E-state index contributed by atoms with van der Waals surface area (Å²) >= 11 is 1.59. The molecule has 3 nitrogen and oxygen atoms in total. The Hall–Kier alpha value is -0.920. The normalized spacial score (nSPS) is 21.6. The highest BCUT2D eigenvalue weighted by atomic mass is 32.1. The highest BCUT2D eigenvalue weighted by Crippen LogP contribution is 2.24. The molecule has 0 radical (unpaired) electrons. The van der Waals surface area contributed by atoms with Gasteiger partial charge in [-0.15, -0.1) is 11.3 Å². The number of nitrogens with one attached hydrogen (secondary N) is 1. The number of rotatable bonds is 2. The van der Waals surface area contributed by atoms with Gasteiger partial charge in [0.25, 0.3) is 0 Å². The Kier molecular flexibility index (Phi) is 2.57. The van der Waals surface area contributed by atoms with Crippen LogP contribution in [0.15, 0.2) is 5.38 Å². The van der Waals surface area contributed by atoms with Crippen molar-refractivity contribution in [3.05, 3.63) is 16.1 Å². The largest absolute Gasteiger partial charge is 0.309 e. The van der Waals surface area contributed by atoms with E-state index < -0.39 is 0 Å². The Bertz CT molecular complexity index is 320. The Balaban J connectivity index is 2.08. The van der Waals surface area contributed by atoms with E-state index in [1.165, 1.54) is 12.8 Å². The standard InChI is InChI=1S/C9H11N3S/c10-4-3-9-12-8(6-13-9)7-2-1-5-11-7/h6-7,11H,1-3,5H2/t7-/m0/s1. The summed E-state index contributed by atoms with van der Waals surface area (Å²) in [6.45, 7) is 1.09. The van der Waals surface area contributed by atoms with Gasteiger partial charge in [0.1, 0.15) is 5.01 Å². The van der Waals surface area contributed by atoms with Crippen LogP contribution in [-0.4, -0.2) is 11.5 Å². The maximum Gasteiger partial charge on any atom is 0.107 e. The number of hydrogen-bond donors (Lipinski definition) is 1. The molecule has 1 fully saturated rings. The first-order valence-electron chi connectivity index (χ1n) is 4.45.